The first-order valence-electron chi connectivity index (χ1n) is 9.88. The minimum Gasteiger partial charge on any atom is -0.497 e. The lowest BCUT2D eigenvalue weighted by Gasteiger charge is -2.11. The highest BCUT2D eigenvalue weighted by Crippen LogP contribution is 2.32. The zero-order valence-electron chi connectivity index (χ0n) is 18.3. The molecule has 0 saturated heterocycles. The standard InChI is InChI=1S/C23H26N4O4S/c1-5-12-27-22(17-8-11-19(30-3)20(13-17)31-4)25-26-23(27)32-15-21(28)24-14-16-6-9-18(29-2)10-7-16/h5-11,13H,1,12,14-15H2,2-4H3,(H,24,28). The average Bonchev–Trinajstić information content (AvgIpc) is 3.23. The minimum atomic E-state index is -0.0911. The van der Waals surface area contributed by atoms with Crippen molar-refractivity contribution in [3.63, 3.8) is 0 Å². The second-order valence-electron chi connectivity index (χ2n) is 6.69. The fourth-order valence-electron chi connectivity index (χ4n) is 3.00. The van der Waals surface area contributed by atoms with Crippen LogP contribution < -0.4 is 19.5 Å². The van der Waals surface area contributed by atoms with Gasteiger partial charge in [0.25, 0.3) is 0 Å². The summed E-state index contributed by atoms with van der Waals surface area (Å²) < 4.78 is 17.8. The van der Waals surface area contributed by atoms with Crippen molar-refractivity contribution in [2.45, 2.75) is 18.2 Å². The van der Waals surface area contributed by atoms with Crippen molar-refractivity contribution in [3.8, 4) is 28.6 Å². The molecule has 3 rings (SSSR count). The maximum Gasteiger partial charge on any atom is 0.230 e. The topological polar surface area (TPSA) is 87.5 Å². The smallest absolute Gasteiger partial charge is 0.230 e. The van der Waals surface area contributed by atoms with Crippen molar-refractivity contribution in [1.29, 1.82) is 0 Å². The molecule has 1 amide bonds. The minimum absolute atomic E-state index is 0.0911. The summed E-state index contributed by atoms with van der Waals surface area (Å²) in [6.07, 6.45) is 1.77. The largest absolute Gasteiger partial charge is 0.497 e. The Hall–Kier alpha value is -3.46. The van der Waals surface area contributed by atoms with Crippen LogP contribution in [0.5, 0.6) is 17.2 Å². The lowest BCUT2D eigenvalue weighted by atomic mass is 10.2. The molecule has 0 atom stereocenters. The fraction of sp³-hybridized carbons (Fsp3) is 0.261. The van der Waals surface area contributed by atoms with E-state index in [9.17, 15) is 4.79 Å². The molecule has 0 saturated carbocycles. The first-order valence-corrected chi connectivity index (χ1v) is 10.9. The van der Waals surface area contributed by atoms with Gasteiger partial charge in [0.2, 0.25) is 5.91 Å². The maximum atomic E-state index is 12.3. The van der Waals surface area contributed by atoms with Gasteiger partial charge in [-0.15, -0.1) is 16.8 Å². The van der Waals surface area contributed by atoms with Gasteiger partial charge in [0, 0.05) is 18.7 Å². The zero-order valence-corrected chi connectivity index (χ0v) is 19.1. The lowest BCUT2D eigenvalue weighted by Crippen LogP contribution is -2.24. The van der Waals surface area contributed by atoms with Crippen LogP contribution in [-0.2, 0) is 17.9 Å². The quantitative estimate of drug-likeness (QED) is 0.350. The molecule has 2 aromatic carbocycles. The summed E-state index contributed by atoms with van der Waals surface area (Å²) >= 11 is 1.32. The number of carbonyl (C=O) groups is 1. The average molecular weight is 455 g/mol. The summed E-state index contributed by atoms with van der Waals surface area (Å²) in [4.78, 5) is 12.3. The third-order valence-electron chi connectivity index (χ3n) is 4.65. The van der Waals surface area contributed by atoms with Crippen molar-refractivity contribution in [2.75, 3.05) is 27.1 Å². The molecule has 0 aliphatic heterocycles. The summed E-state index contributed by atoms with van der Waals surface area (Å²) in [5.41, 5.74) is 1.82. The number of nitrogens with zero attached hydrogens (tertiary/aromatic N) is 3. The molecule has 8 nitrogen and oxygen atoms in total. The molecule has 0 bridgehead atoms. The van der Waals surface area contributed by atoms with Crippen LogP contribution in [-0.4, -0.2) is 47.8 Å². The van der Waals surface area contributed by atoms with E-state index >= 15 is 0 Å². The molecule has 0 radical (unpaired) electrons. The molecule has 1 aromatic heterocycles. The highest BCUT2D eigenvalue weighted by atomic mass is 32.2. The number of hydrogen-bond acceptors (Lipinski definition) is 7. The third-order valence-corrected chi connectivity index (χ3v) is 5.62. The summed E-state index contributed by atoms with van der Waals surface area (Å²) in [7, 11) is 4.80. The number of methoxy groups -OCH3 is 3. The van der Waals surface area contributed by atoms with Crippen LogP contribution in [0, 0.1) is 0 Å². The molecule has 9 heteroatoms. The number of ether oxygens (including phenoxy) is 3. The van der Waals surface area contributed by atoms with E-state index in [2.05, 4.69) is 22.1 Å². The SMILES string of the molecule is C=CCn1c(SCC(=O)NCc2ccc(OC)cc2)nnc1-c1ccc(OC)c(OC)c1. The zero-order chi connectivity index (χ0) is 22.9. The number of rotatable bonds is 11. The Morgan fingerprint density at radius 2 is 1.81 bits per heavy atom. The predicted octanol–water partition coefficient (Wildman–Crippen LogP) is 3.57. The maximum absolute atomic E-state index is 12.3. The molecule has 0 unspecified atom stereocenters. The van der Waals surface area contributed by atoms with Crippen LogP contribution in [0.3, 0.4) is 0 Å². The van der Waals surface area contributed by atoms with Crippen LogP contribution in [0.4, 0.5) is 0 Å². The third kappa shape index (κ3) is 5.61. The molecule has 1 heterocycles. The number of amides is 1. The van der Waals surface area contributed by atoms with E-state index in [4.69, 9.17) is 14.2 Å². The van der Waals surface area contributed by atoms with Gasteiger partial charge in [0.05, 0.1) is 27.1 Å². The number of nitrogens with one attached hydrogen (secondary N) is 1. The number of hydrogen-bond donors (Lipinski definition) is 1. The molecule has 0 aliphatic carbocycles. The van der Waals surface area contributed by atoms with Gasteiger partial charge in [-0.05, 0) is 35.9 Å². The van der Waals surface area contributed by atoms with E-state index < -0.39 is 0 Å². The Labute approximate surface area is 191 Å². The Morgan fingerprint density at radius 3 is 2.47 bits per heavy atom. The molecular formula is C23H26N4O4S. The van der Waals surface area contributed by atoms with Crippen LogP contribution >= 0.6 is 11.8 Å². The van der Waals surface area contributed by atoms with Crippen LogP contribution in [0.25, 0.3) is 11.4 Å². The van der Waals surface area contributed by atoms with Gasteiger partial charge in [-0.3, -0.25) is 9.36 Å². The Balaban J connectivity index is 1.67. The number of aromatic nitrogens is 3. The number of allylic oxidation sites excluding steroid dienone is 1. The summed E-state index contributed by atoms with van der Waals surface area (Å²) in [5.74, 6) is 2.80. The number of thioether (sulfide) groups is 1. The molecule has 168 valence electrons. The molecular weight excluding hydrogens is 428 g/mol. The monoisotopic (exact) mass is 454 g/mol. The molecule has 0 aliphatic rings. The fourth-order valence-corrected chi connectivity index (χ4v) is 3.78. The second kappa shape index (κ2) is 11.2. The highest BCUT2D eigenvalue weighted by molar-refractivity contribution is 7.99. The van der Waals surface area contributed by atoms with Gasteiger partial charge in [0.15, 0.2) is 22.5 Å². The van der Waals surface area contributed by atoms with Gasteiger partial charge in [-0.25, -0.2) is 0 Å². The molecule has 0 spiro atoms. The van der Waals surface area contributed by atoms with Crippen LogP contribution in [0.2, 0.25) is 0 Å². The van der Waals surface area contributed by atoms with Gasteiger partial charge < -0.3 is 19.5 Å². The van der Waals surface area contributed by atoms with Crippen molar-refractivity contribution >= 4 is 17.7 Å². The van der Waals surface area contributed by atoms with Crippen LogP contribution in [0.1, 0.15) is 5.56 Å². The normalized spacial score (nSPS) is 10.5. The van der Waals surface area contributed by atoms with Crippen LogP contribution in [0.15, 0.2) is 60.3 Å². The highest BCUT2D eigenvalue weighted by Gasteiger charge is 2.16. The second-order valence-corrected chi connectivity index (χ2v) is 7.63. The Morgan fingerprint density at radius 1 is 1.06 bits per heavy atom. The number of benzene rings is 2. The van der Waals surface area contributed by atoms with Gasteiger partial charge in [0.1, 0.15) is 5.75 Å². The van der Waals surface area contributed by atoms with E-state index in [0.29, 0.717) is 35.6 Å². The van der Waals surface area contributed by atoms with Crippen molar-refractivity contribution in [2.24, 2.45) is 0 Å². The van der Waals surface area contributed by atoms with E-state index in [1.54, 1.807) is 27.4 Å². The summed E-state index contributed by atoms with van der Waals surface area (Å²) in [6.45, 7) is 4.78. The van der Waals surface area contributed by atoms with Crippen molar-refractivity contribution in [3.05, 3.63) is 60.7 Å². The van der Waals surface area contributed by atoms with Gasteiger partial charge in [-0.2, -0.15) is 0 Å². The Bertz CT molecular complexity index is 1070. The van der Waals surface area contributed by atoms with Gasteiger partial charge >= 0.3 is 0 Å². The molecule has 1 N–H and O–H groups in total. The Kier molecular flexibility index (Phi) is 8.15. The molecule has 32 heavy (non-hydrogen) atoms. The molecule has 3 aromatic rings. The summed E-state index contributed by atoms with van der Waals surface area (Å²) in [5, 5.41) is 12.2. The van der Waals surface area contributed by atoms with Crippen molar-refractivity contribution in [1.82, 2.24) is 20.1 Å². The summed E-state index contributed by atoms with van der Waals surface area (Å²) in [6, 6.07) is 13.1. The predicted molar refractivity (Wildman–Crippen MR) is 124 cm³/mol. The number of carbonyl (C=O) groups excluding carboxylic acids is 1. The van der Waals surface area contributed by atoms with E-state index in [-0.39, 0.29) is 11.7 Å². The van der Waals surface area contributed by atoms with Gasteiger partial charge in [-0.1, -0.05) is 30.0 Å². The first kappa shape index (κ1) is 23.2. The van der Waals surface area contributed by atoms with E-state index in [1.807, 2.05) is 47.0 Å². The van der Waals surface area contributed by atoms with E-state index in [0.717, 1.165) is 16.9 Å². The molecule has 0 fully saturated rings. The van der Waals surface area contributed by atoms with E-state index in [1.165, 1.54) is 11.8 Å². The van der Waals surface area contributed by atoms with Crippen molar-refractivity contribution < 1.29 is 19.0 Å². The lowest BCUT2D eigenvalue weighted by molar-refractivity contribution is -0.118. The first-order chi connectivity index (χ1) is 15.6.